The number of hydrogen-bond donors (Lipinski definition) is 0. The van der Waals surface area contributed by atoms with Crippen LogP contribution in [-0.4, -0.2) is 50.6 Å². The molecule has 1 unspecified atom stereocenters. The SMILES string of the molecule is CCOC(=O)c1nnn(C2CCOC2)c1-c1cnn(C)c1. The minimum absolute atomic E-state index is 0.0795. The maximum Gasteiger partial charge on any atom is 0.361 e. The number of aromatic nitrogens is 5. The van der Waals surface area contributed by atoms with Crippen molar-refractivity contribution >= 4 is 5.97 Å². The van der Waals surface area contributed by atoms with E-state index in [0.717, 1.165) is 12.0 Å². The van der Waals surface area contributed by atoms with E-state index in [2.05, 4.69) is 15.4 Å². The molecule has 8 heteroatoms. The molecule has 1 saturated heterocycles. The maximum atomic E-state index is 12.1. The summed E-state index contributed by atoms with van der Waals surface area (Å²) in [5.41, 5.74) is 1.64. The maximum absolute atomic E-state index is 12.1. The van der Waals surface area contributed by atoms with Gasteiger partial charge in [-0.3, -0.25) is 4.68 Å². The Hall–Kier alpha value is -2.22. The van der Waals surface area contributed by atoms with Gasteiger partial charge in [0.1, 0.15) is 5.69 Å². The van der Waals surface area contributed by atoms with Crippen LogP contribution in [0.15, 0.2) is 12.4 Å². The van der Waals surface area contributed by atoms with E-state index in [-0.39, 0.29) is 11.7 Å². The van der Waals surface area contributed by atoms with Crippen molar-refractivity contribution in [1.29, 1.82) is 0 Å². The number of carbonyl (C=O) groups is 1. The Morgan fingerprint density at radius 3 is 3.05 bits per heavy atom. The van der Waals surface area contributed by atoms with Crippen LogP contribution in [-0.2, 0) is 16.5 Å². The average molecular weight is 291 g/mol. The number of hydrogen-bond acceptors (Lipinski definition) is 6. The molecule has 1 atom stereocenters. The third-order valence-electron chi connectivity index (χ3n) is 3.39. The quantitative estimate of drug-likeness (QED) is 0.775. The lowest BCUT2D eigenvalue weighted by Crippen LogP contribution is -2.13. The molecule has 8 nitrogen and oxygen atoms in total. The average Bonchev–Trinajstić information content (AvgIpc) is 3.17. The molecule has 0 spiro atoms. The Labute approximate surface area is 121 Å². The molecule has 1 fully saturated rings. The summed E-state index contributed by atoms with van der Waals surface area (Å²) in [4.78, 5) is 12.1. The van der Waals surface area contributed by atoms with Crippen LogP contribution in [0.2, 0.25) is 0 Å². The second-order valence-corrected chi connectivity index (χ2v) is 4.87. The van der Waals surface area contributed by atoms with E-state index in [1.165, 1.54) is 0 Å². The van der Waals surface area contributed by atoms with Crippen LogP contribution >= 0.6 is 0 Å². The molecule has 0 N–H and O–H groups in total. The van der Waals surface area contributed by atoms with Crippen LogP contribution in [0.25, 0.3) is 11.3 Å². The predicted molar refractivity (Wildman–Crippen MR) is 72.7 cm³/mol. The standard InChI is InChI=1S/C13H17N5O3/c1-3-21-13(19)11-12(9-6-14-17(2)7-9)18(16-15-11)10-4-5-20-8-10/h6-7,10H,3-5,8H2,1-2H3. The molecule has 3 rings (SSSR count). The number of rotatable bonds is 4. The van der Waals surface area contributed by atoms with Crippen molar-refractivity contribution < 1.29 is 14.3 Å². The molecule has 0 aromatic carbocycles. The van der Waals surface area contributed by atoms with Crippen LogP contribution < -0.4 is 0 Å². The topological polar surface area (TPSA) is 84.1 Å². The van der Waals surface area contributed by atoms with Crippen molar-refractivity contribution in [3.05, 3.63) is 18.1 Å². The number of esters is 1. The normalized spacial score (nSPS) is 18.1. The van der Waals surface area contributed by atoms with Gasteiger partial charge in [-0.25, -0.2) is 9.48 Å². The molecule has 2 aromatic rings. The molecule has 0 bridgehead atoms. The lowest BCUT2D eigenvalue weighted by atomic mass is 10.1. The van der Waals surface area contributed by atoms with Crippen molar-refractivity contribution in [2.24, 2.45) is 7.05 Å². The lowest BCUT2D eigenvalue weighted by molar-refractivity contribution is 0.0520. The van der Waals surface area contributed by atoms with Crippen molar-refractivity contribution in [2.75, 3.05) is 19.8 Å². The zero-order valence-corrected chi connectivity index (χ0v) is 12.0. The Kier molecular flexibility index (Phi) is 3.70. The van der Waals surface area contributed by atoms with E-state index in [1.54, 1.807) is 22.5 Å². The number of ether oxygens (including phenoxy) is 2. The van der Waals surface area contributed by atoms with E-state index in [4.69, 9.17) is 9.47 Å². The highest BCUT2D eigenvalue weighted by atomic mass is 16.5. The Morgan fingerprint density at radius 1 is 1.57 bits per heavy atom. The molecule has 0 aliphatic carbocycles. The van der Waals surface area contributed by atoms with Gasteiger partial charge in [-0.1, -0.05) is 5.21 Å². The van der Waals surface area contributed by atoms with Gasteiger partial charge in [-0.15, -0.1) is 5.10 Å². The number of aryl methyl sites for hydroxylation is 1. The van der Waals surface area contributed by atoms with Gasteiger partial charge >= 0.3 is 5.97 Å². The Balaban J connectivity index is 2.06. The molecule has 0 radical (unpaired) electrons. The first-order valence-electron chi connectivity index (χ1n) is 6.89. The summed E-state index contributed by atoms with van der Waals surface area (Å²) in [5.74, 6) is -0.471. The van der Waals surface area contributed by atoms with Gasteiger partial charge in [-0.2, -0.15) is 5.10 Å². The molecule has 1 aliphatic heterocycles. The van der Waals surface area contributed by atoms with E-state index >= 15 is 0 Å². The molecule has 21 heavy (non-hydrogen) atoms. The van der Waals surface area contributed by atoms with Gasteiger partial charge in [-0.05, 0) is 13.3 Å². The van der Waals surface area contributed by atoms with Gasteiger partial charge in [0.25, 0.3) is 0 Å². The van der Waals surface area contributed by atoms with Gasteiger partial charge < -0.3 is 9.47 Å². The number of nitrogens with zero attached hydrogens (tertiary/aromatic N) is 5. The largest absolute Gasteiger partial charge is 0.461 e. The number of carbonyl (C=O) groups excluding carboxylic acids is 1. The van der Waals surface area contributed by atoms with E-state index in [1.807, 2.05) is 13.2 Å². The second-order valence-electron chi connectivity index (χ2n) is 4.87. The molecular weight excluding hydrogens is 274 g/mol. The van der Waals surface area contributed by atoms with E-state index in [0.29, 0.717) is 25.5 Å². The fourth-order valence-corrected chi connectivity index (χ4v) is 2.41. The highest BCUT2D eigenvalue weighted by molar-refractivity contribution is 5.94. The minimum Gasteiger partial charge on any atom is -0.461 e. The van der Waals surface area contributed by atoms with Crippen LogP contribution in [0.4, 0.5) is 0 Å². The van der Waals surface area contributed by atoms with Crippen molar-refractivity contribution in [3.8, 4) is 11.3 Å². The summed E-state index contributed by atoms with van der Waals surface area (Å²) in [6.07, 6.45) is 4.36. The van der Waals surface area contributed by atoms with Crippen LogP contribution in [0, 0.1) is 0 Å². The van der Waals surface area contributed by atoms with E-state index < -0.39 is 5.97 Å². The van der Waals surface area contributed by atoms with Gasteiger partial charge in [0.15, 0.2) is 5.69 Å². The summed E-state index contributed by atoms with van der Waals surface area (Å²) in [5, 5.41) is 12.3. The first-order chi connectivity index (χ1) is 10.2. The van der Waals surface area contributed by atoms with Gasteiger partial charge in [0, 0.05) is 25.4 Å². The third kappa shape index (κ3) is 2.54. The first kappa shape index (κ1) is 13.7. The summed E-state index contributed by atoms with van der Waals surface area (Å²) < 4.78 is 13.9. The highest BCUT2D eigenvalue weighted by Crippen LogP contribution is 2.28. The van der Waals surface area contributed by atoms with Crippen LogP contribution in [0.1, 0.15) is 29.9 Å². The Bertz CT molecular complexity index is 642. The Morgan fingerprint density at radius 2 is 2.43 bits per heavy atom. The minimum atomic E-state index is -0.471. The van der Waals surface area contributed by atoms with Crippen molar-refractivity contribution in [3.63, 3.8) is 0 Å². The highest BCUT2D eigenvalue weighted by Gasteiger charge is 2.28. The summed E-state index contributed by atoms with van der Waals surface area (Å²) in [6.45, 7) is 3.31. The molecule has 0 saturated carbocycles. The zero-order valence-electron chi connectivity index (χ0n) is 12.0. The van der Waals surface area contributed by atoms with Crippen molar-refractivity contribution in [1.82, 2.24) is 24.8 Å². The van der Waals surface area contributed by atoms with Gasteiger partial charge in [0.05, 0.1) is 25.5 Å². The molecular formula is C13H17N5O3. The smallest absolute Gasteiger partial charge is 0.361 e. The lowest BCUT2D eigenvalue weighted by Gasteiger charge is -2.11. The summed E-state index contributed by atoms with van der Waals surface area (Å²) in [6, 6.07) is 0.0795. The molecule has 112 valence electrons. The van der Waals surface area contributed by atoms with E-state index in [9.17, 15) is 4.79 Å². The molecule has 2 aromatic heterocycles. The first-order valence-corrected chi connectivity index (χ1v) is 6.89. The van der Waals surface area contributed by atoms with Gasteiger partial charge in [0.2, 0.25) is 0 Å². The summed E-state index contributed by atoms with van der Waals surface area (Å²) >= 11 is 0. The molecule has 3 heterocycles. The monoisotopic (exact) mass is 291 g/mol. The van der Waals surface area contributed by atoms with Crippen molar-refractivity contribution in [2.45, 2.75) is 19.4 Å². The second kappa shape index (κ2) is 5.65. The fraction of sp³-hybridized carbons (Fsp3) is 0.538. The summed E-state index contributed by atoms with van der Waals surface area (Å²) in [7, 11) is 1.82. The molecule has 1 aliphatic rings. The fourth-order valence-electron chi connectivity index (χ4n) is 2.41. The van der Waals surface area contributed by atoms with Crippen LogP contribution in [0.3, 0.4) is 0 Å². The third-order valence-corrected chi connectivity index (χ3v) is 3.39. The zero-order chi connectivity index (χ0) is 14.8. The predicted octanol–water partition coefficient (Wildman–Crippen LogP) is 0.817. The van der Waals surface area contributed by atoms with Crippen LogP contribution in [0.5, 0.6) is 0 Å². The molecule has 0 amide bonds.